The van der Waals surface area contributed by atoms with E-state index in [9.17, 15) is 0 Å². The van der Waals surface area contributed by atoms with Gasteiger partial charge in [0.05, 0.1) is 12.2 Å². The topological polar surface area (TPSA) is 30.7 Å². The van der Waals surface area contributed by atoms with E-state index in [-0.39, 0.29) is 0 Å². The summed E-state index contributed by atoms with van der Waals surface area (Å²) in [4.78, 5) is 0. The molecule has 0 N–H and O–H groups in total. The first-order valence-corrected chi connectivity index (χ1v) is 5.82. The predicted molar refractivity (Wildman–Crippen MR) is 64.7 cm³/mol. The van der Waals surface area contributed by atoms with Crippen LogP contribution in [0.4, 0.5) is 0 Å². The van der Waals surface area contributed by atoms with Gasteiger partial charge in [-0.15, -0.1) is 16.7 Å². The summed E-state index contributed by atoms with van der Waals surface area (Å²) in [5.74, 6) is 0.587. The lowest BCUT2D eigenvalue weighted by atomic mass is 10.1. The van der Waals surface area contributed by atoms with Gasteiger partial charge in [0.15, 0.2) is 0 Å². The number of aromatic nitrogens is 3. The zero-order valence-electron chi connectivity index (χ0n) is 9.23. The monoisotopic (exact) mass is 235 g/mol. The lowest BCUT2D eigenvalue weighted by Crippen LogP contribution is -2.00. The third-order valence-electron chi connectivity index (χ3n) is 2.40. The number of aryl methyl sites for hydroxylation is 2. The summed E-state index contributed by atoms with van der Waals surface area (Å²) >= 11 is 5.65. The molecule has 3 nitrogen and oxygen atoms in total. The molecule has 1 aromatic carbocycles. The van der Waals surface area contributed by atoms with Gasteiger partial charge in [0, 0.05) is 18.5 Å². The highest BCUT2D eigenvalue weighted by atomic mass is 35.5. The Morgan fingerprint density at radius 2 is 2.00 bits per heavy atom. The number of hydrogen-bond acceptors (Lipinski definition) is 2. The summed E-state index contributed by atoms with van der Waals surface area (Å²) in [6, 6.07) is 8.42. The van der Waals surface area contributed by atoms with Gasteiger partial charge >= 0.3 is 0 Å². The van der Waals surface area contributed by atoms with Crippen LogP contribution >= 0.6 is 11.6 Å². The maximum Gasteiger partial charge on any atom is 0.0839 e. The van der Waals surface area contributed by atoms with Crippen LogP contribution < -0.4 is 0 Å². The maximum absolute atomic E-state index is 5.65. The average molecular weight is 236 g/mol. The Kier molecular flexibility index (Phi) is 3.57. The van der Waals surface area contributed by atoms with Crippen molar-refractivity contribution in [3.8, 4) is 0 Å². The molecule has 1 heterocycles. The van der Waals surface area contributed by atoms with Crippen LogP contribution in [0.5, 0.6) is 0 Å². The number of hydrogen-bond donors (Lipinski definition) is 0. The molecule has 0 spiro atoms. The van der Waals surface area contributed by atoms with Gasteiger partial charge in [-0.2, -0.15) is 0 Å². The Labute approximate surface area is 100 Å². The van der Waals surface area contributed by atoms with Gasteiger partial charge in [0.2, 0.25) is 0 Å². The van der Waals surface area contributed by atoms with Gasteiger partial charge in [-0.1, -0.05) is 35.0 Å². The summed E-state index contributed by atoms with van der Waals surface area (Å²) in [6.45, 7) is 2.84. The Balaban J connectivity index is 2.05. The minimum Gasteiger partial charge on any atom is -0.248 e. The zero-order chi connectivity index (χ0) is 11.4. The van der Waals surface area contributed by atoms with E-state index in [1.165, 1.54) is 11.1 Å². The van der Waals surface area contributed by atoms with Gasteiger partial charge in [-0.25, -0.2) is 4.68 Å². The second-order valence-electron chi connectivity index (χ2n) is 3.83. The number of benzene rings is 1. The standard InChI is InChI=1S/C12H14ClN3/c1-10-2-4-11(5-3-10)8-16-9-12(6-7-13)14-15-16/h2-5,9H,6-8H2,1H3. The molecule has 84 valence electrons. The lowest BCUT2D eigenvalue weighted by Gasteiger charge is -2.00. The van der Waals surface area contributed by atoms with Crippen molar-refractivity contribution in [1.82, 2.24) is 15.0 Å². The maximum atomic E-state index is 5.65. The predicted octanol–water partition coefficient (Wildman–Crippen LogP) is 2.42. The summed E-state index contributed by atoms with van der Waals surface area (Å²) < 4.78 is 1.84. The van der Waals surface area contributed by atoms with Crippen LogP contribution in [-0.2, 0) is 13.0 Å². The van der Waals surface area contributed by atoms with E-state index >= 15 is 0 Å². The Hall–Kier alpha value is -1.35. The van der Waals surface area contributed by atoms with Crippen molar-refractivity contribution in [2.24, 2.45) is 0 Å². The lowest BCUT2D eigenvalue weighted by molar-refractivity contribution is 0.649. The minimum absolute atomic E-state index is 0.587. The van der Waals surface area contributed by atoms with E-state index in [4.69, 9.17) is 11.6 Å². The van der Waals surface area contributed by atoms with Crippen molar-refractivity contribution >= 4 is 11.6 Å². The molecular formula is C12H14ClN3. The Bertz CT molecular complexity index is 448. The molecule has 0 saturated carbocycles. The van der Waals surface area contributed by atoms with Gasteiger partial charge in [-0.3, -0.25) is 0 Å². The fraction of sp³-hybridized carbons (Fsp3) is 0.333. The van der Waals surface area contributed by atoms with Gasteiger partial charge in [-0.05, 0) is 12.5 Å². The van der Waals surface area contributed by atoms with Crippen molar-refractivity contribution < 1.29 is 0 Å². The van der Waals surface area contributed by atoms with E-state index in [1.807, 2.05) is 10.9 Å². The molecule has 1 aromatic heterocycles. The van der Waals surface area contributed by atoms with Crippen molar-refractivity contribution in [3.63, 3.8) is 0 Å². The summed E-state index contributed by atoms with van der Waals surface area (Å²) in [7, 11) is 0. The molecule has 0 saturated heterocycles. The quantitative estimate of drug-likeness (QED) is 0.762. The average Bonchev–Trinajstić information content (AvgIpc) is 2.70. The molecule has 2 rings (SSSR count). The van der Waals surface area contributed by atoms with Crippen LogP contribution in [-0.4, -0.2) is 20.9 Å². The van der Waals surface area contributed by atoms with Crippen LogP contribution in [0.15, 0.2) is 30.5 Å². The van der Waals surface area contributed by atoms with Crippen LogP contribution in [0, 0.1) is 6.92 Å². The van der Waals surface area contributed by atoms with Crippen molar-refractivity contribution in [1.29, 1.82) is 0 Å². The zero-order valence-corrected chi connectivity index (χ0v) is 9.98. The second kappa shape index (κ2) is 5.12. The minimum atomic E-state index is 0.587. The number of alkyl halides is 1. The molecule has 0 aliphatic heterocycles. The molecule has 0 aliphatic rings. The molecule has 0 unspecified atom stereocenters. The third kappa shape index (κ3) is 2.83. The molecule has 0 fully saturated rings. The van der Waals surface area contributed by atoms with E-state index in [0.29, 0.717) is 5.88 Å². The highest BCUT2D eigenvalue weighted by Crippen LogP contribution is 2.05. The van der Waals surface area contributed by atoms with E-state index in [2.05, 4.69) is 41.5 Å². The summed E-state index contributed by atoms with van der Waals surface area (Å²) in [5.41, 5.74) is 3.44. The molecule has 0 radical (unpaired) electrons. The van der Waals surface area contributed by atoms with Gasteiger partial charge in [0.25, 0.3) is 0 Å². The highest BCUT2D eigenvalue weighted by Gasteiger charge is 2.00. The van der Waals surface area contributed by atoms with Gasteiger partial charge < -0.3 is 0 Å². The smallest absolute Gasteiger partial charge is 0.0839 e. The highest BCUT2D eigenvalue weighted by molar-refractivity contribution is 6.17. The fourth-order valence-electron chi connectivity index (χ4n) is 1.51. The molecule has 2 aromatic rings. The van der Waals surface area contributed by atoms with Gasteiger partial charge in [0.1, 0.15) is 0 Å². The molecule has 16 heavy (non-hydrogen) atoms. The first-order chi connectivity index (χ1) is 7.78. The number of halogens is 1. The Morgan fingerprint density at radius 1 is 1.25 bits per heavy atom. The van der Waals surface area contributed by atoms with Crippen LogP contribution in [0.1, 0.15) is 16.8 Å². The molecule has 0 aliphatic carbocycles. The SMILES string of the molecule is Cc1ccc(Cn2cc(CCCl)nn2)cc1. The normalized spacial score (nSPS) is 10.6. The number of rotatable bonds is 4. The largest absolute Gasteiger partial charge is 0.248 e. The molecule has 4 heteroatoms. The molecule has 0 bridgehead atoms. The van der Waals surface area contributed by atoms with E-state index < -0.39 is 0 Å². The van der Waals surface area contributed by atoms with E-state index in [0.717, 1.165) is 18.7 Å². The van der Waals surface area contributed by atoms with E-state index in [1.54, 1.807) is 0 Å². The van der Waals surface area contributed by atoms with Crippen molar-refractivity contribution in [3.05, 3.63) is 47.3 Å². The summed E-state index contributed by atoms with van der Waals surface area (Å²) in [6.07, 6.45) is 2.72. The first-order valence-electron chi connectivity index (χ1n) is 5.28. The Morgan fingerprint density at radius 3 is 2.69 bits per heavy atom. The molecular weight excluding hydrogens is 222 g/mol. The van der Waals surface area contributed by atoms with Crippen LogP contribution in [0.3, 0.4) is 0 Å². The second-order valence-corrected chi connectivity index (χ2v) is 4.21. The summed E-state index contributed by atoms with van der Waals surface area (Å²) in [5, 5.41) is 8.11. The fourth-order valence-corrected chi connectivity index (χ4v) is 1.70. The van der Waals surface area contributed by atoms with Crippen molar-refractivity contribution in [2.75, 3.05) is 5.88 Å². The molecule has 0 atom stereocenters. The third-order valence-corrected chi connectivity index (χ3v) is 2.59. The van der Waals surface area contributed by atoms with Crippen LogP contribution in [0.2, 0.25) is 0 Å². The molecule has 0 amide bonds. The van der Waals surface area contributed by atoms with Crippen LogP contribution in [0.25, 0.3) is 0 Å². The van der Waals surface area contributed by atoms with Crippen molar-refractivity contribution in [2.45, 2.75) is 19.9 Å². The number of nitrogens with zero attached hydrogens (tertiary/aromatic N) is 3. The first kappa shape index (κ1) is 11.1.